The first kappa shape index (κ1) is 15.9. The van der Waals surface area contributed by atoms with Gasteiger partial charge in [0, 0.05) is 50.4 Å². The van der Waals surface area contributed by atoms with E-state index < -0.39 is 0 Å². The predicted octanol–water partition coefficient (Wildman–Crippen LogP) is 2.09. The lowest BCUT2D eigenvalue weighted by Gasteiger charge is -2.34. The van der Waals surface area contributed by atoms with Gasteiger partial charge in [0.15, 0.2) is 0 Å². The zero-order valence-corrected chi connectivity index (χ0v) is 14.3. The van der Waals surface area contributed by atoms with Crippen molar-refractivity contribution in [2.24, 2.45) is 5.92 Å². The third kappa shape index (κ3) is 3.85. The highest BCUT2D eigenvalue weighted by Crippen LogP contribution is 2.17. The summed E-state index contributed by atoms with van der Waals surface area (Å²) in [7, 11) is 0. The van der Waals surface area contributed by atoms with Gasteiger partial charge in [0.1, 0.15) is 11.5 Å². The smallest absolute Gasteiger partial charge is 0.273 e. The summed E-state index contributed by atoms with van der Waals surface area (Å²) in [6.07, 6.45) is 6.05. The van der Waals surface area contributed by atoms with E-state index in [2.05, 4.69) is 33.7 Å². The van der Waals surface area contributed by atoms with Crippen molar-refractivity contribution in [3.8, 4) is 0 Å². The normalized spacial score (nSPS) is 15.3. The van der Waals surface area contributed by atoms with Crippen LogP contribution in [0.2, 0.25) is 0 Å². The van der Waals surface area contributed by atoms with Crippen LogP contribution >= 0.6 is 11.3 Å². The highest BCUT2D eigenvalue weighted by atomic mass is 32.1. The van der Waals surface area contributed by atoms with E-state index in [1.54, 1.807) is 29.9 Å². The average molecular weight is 331 g/mol. The van der Waals surface area contributed by atoms with Gasteiger partial charge in [-0.1, -0.05) is 13.8 Å². The van der Waals surface area contributed by atoms with Gasteiger partial charge in [0.25, 0.3) is 5.91 Å². The monoisotopic (exact) mass is 331 g/mol. The number of anilines is 1. The van der Waals surface area contributed by atoms with Gasteiger partial charge in [-0.15, -0.1) is 11.3 Å². The number of aromatic nitrogens is 3. The zero-order valence-electron chi connectivity index (χ0n) is 13.5. The molecular formula is C16H21N5OS. The van der Waals surface area contributed by atoms with Gasteiger partial charge in [-0.3, -0.25) is 9.78 Å². The Labute approximate surface area is 140 Å². The molecule has 122 valence electrons. The van der Waals surface area contributed by atoms with Gasteiger partial charge in [-0.25, -0.2) is 9.97 Å². The quantitative estimate of drug-likeness (QED) is 0.858. The van der Waals surface area contributed by atoms with Crippen molar-refractivity contribution in [2.75, 3.05) is 31.1 Å². The molecule has 0 spiro atoms. The summed E-state index contributed by atoms with van der Waals surface area (Å²) in [5.74, 6) is 1.46. The van der Waals surface area contributed by atoms with Gasteiger partial charge < -0.3 is 9.80 Å². The van der Waals surface area contributed by atoms with Crippen molar-refractivity contribution < 1.29 is 4.79 Å². The molecule has 3 rings (SSSR count). The number of piperazine rings is 1. The summed E-state index contributed by atoms with van der Waals surface area (Å²) in [6, 6.07) is 0. The van der Waals surface area contributed by atoms with E-state index in [1.165, 1.54) is 0 Å². The molecule has 7 heteroatoms. The van der Waals surface area contributed by atoms with Crippen LogP contribution < -0.4 is 4.90 Å². The molecule has 1 aliphatic heterocycles. The molecule has 2 aromatic heterocycles. The first-order chi connectivity index (χ1) is 11.1. The highest BCUT2D eigenvalue weighted by molar-refractivity contribution is 7.09. The fourth-order valence-corrected chi connectivity index (χ4v) is 3.59. The largest absolute Gasteiger partial charge is 0.352 e. The maximum absolute atomic E-state index is 12.6. The van der Waals surface area contributed by atoms with Crippen molar-refractivity contribution in [3.05, 3.63) is 34.7 Å². The van der Waals surface area contributed by atoms with Crippen LogP contribution in [0.3, 0.4) is 0 Å². The molecule has 1 aliphatic rings. The fourth-order valence-electron chi connectivity index (χ4n) is 2.61. The van der Waals surface area contributed by atoms with Crippen LogP contribution in [0.25, 0.3) is 0 Å². The minimum Gasteiger partial charge on any atom is -0.352 e. The minimum atomic E-state index is 0.0371. The summed E-state index contributed by atoms with van der Waals surface area (Å²) in [5, 5.41) is 2.93. The molecule has 3 heterocycles. The van der Waals surface area contributed by atoms with Crippen LogP contribution in [0.15, 0.2) is 24.0 Å². The molecule has 0 atom stereocenters. The molecule has 1 saturated heterocycles. The number of rotatable bonds is 4. The number of carbonyl (C=O) groups excluding carboxylic acids is 1. The van der Waals surface area contributed by atoms with Crippen LogP contribution in [0.5, 0.6) is 0 Å². The molecule has 0 N–H and O–H groups in total. The third-order valence-corrected chi connectivity index (χ3v) is 4.67. The SMILES string of the molecule is CC(C)Cc1nc(C(=O)N2CCN(c3cnccn3)CC2)cs1. The second-order valence-corrected chi connectivity index (χ2v) is 7.01. The topological polar surface area (TPSA) is 62.2 Å². The van der Waals surface area contributed by atoms with Crippen LogP contribution in [0, 0.1) is 5.92 Å². The first-order valence-corrected chi connectivity index (χ1v) is 8.76. The molecular weight excluding hydrogens is 310 g/mol. The van der Waals surface area contributed by atoms with Crippen LogP contribution in [-0.2, 0) is 6.42 Å². The van der Waals surface area contributed by atoms with E-state index in [0.29, 0.717) is 24.7 Å². The molecule has 6 nitrogen and oxygen atoms in total. The molecule has 0 aliphatic carbocycles. The Morgan fingerprint density at radius 3 is 2.70 bits per heavy atom. The zero-order chi connectivity index (χ0) is 16.2. The Hall–Kier alpha value is -2.02. The molecule has 0 aromatic carbocycles. The van der Waals surface area contributed by atoms with Gasteiger partial charge in [0.2, 0.25) is 0 Å². The molecule has 0 bridgehead atoms. The second kappa shape index (κ2) is 7.04. The number of thiazole rings is 1. The number of nitrogens with zero attached hydrogens (tertiary/aromatic N) is 5. The van der Waals surface area contributed by atoms with Gasteiger partial charge in [0.05, 0.1) is 11.2 Å². The number of hydrogen-bond donors (Lipinski definition) is 0. The highest BCUT2D eigenvalue weighted by Gasteiger charge is 2.24. The van der Waals surface area contributed by atoms with Crippen molar-refractivity contribution in [1.29, 1.82) is 0 Å². The van der Waals surface area contributed by atoms with E-state index >= 15 is 0 Å². The number of carbonyl (C=O) groups is 1. The Balaban J connectivity index is 1.59. The van der Waals surface area contributed by atoms with Crippen molar-refractivity contribution in [3.63, 3.8) is 0 Å². The van der Waals surface area contributed by atoms with Crippen LogP contribution in [-0.4, -0.2) is 51.9 Å². The lowest BCUT2D eigenvalue weighted by molar-refractivity contribution is 0.0741. The van der Waals surface area contributed by atoms with E-state index in [9.17, 15) is 4.79 Å². The first-order valence-electron chi connectivity index (χ1n) is 7.88. The Kier molecular flexibility index (Phi) is 4.85. The summed E-state index contributed by atoms with van der Waals surface area (Å²) < 4.78 is 0. The molecule has 0 unspecified atom stereocenters. The molecule has 0 radical (unpaired) electrons. The molecule has 0 saturated carbocycles. The summed E-state index contributed by atoms with van der Waals surface area (Å²) in [4.78, 5) is 29.5. The summed E-state index contributed by atoms with van der Waals surface area (Å²) in [5.41, 5.74) is 0.582. The van der Waals surface area contributed by atoms with Gasteiger partial charge in [-0.05, 0) is 5.92 Å². The molecule has 1 amide bonds. The van der Waals surface area contributed by atoms with E-state index in [0.717, 1.165) is 30.3 Å². The van der Waals surface area contributed by atoms with Crippen molar-refractivity contribution in [2.45, 2.75) is 20.3 Å². The summed E-state index contributed by atoms with van der Waals surface area (Å²) >= 11 is 1.58. The lowest BCUT2D eigenvalue weighted by Crippen LogP contribution is -2.49. The maximum Gasteiger partial charge on any atom is 0.273 e. The third-order valence-electron chi connectivity index (χ3n) is 3.79. The van der Waals surface area contributed by atoms with Crippen LogP contribution in [0.1, 0.15) is 29.3 Å². The Bertz CT molecular complexity index is 650. The van der Waals surface area contributed by atoms with Crippen molar-refractivity contribution in [1.82, 2.24) is 19.9 Å². The van der Waals surface area contributed by atoms with Crippen molar-refractivity contribution >= 4 is 23.1 Å². The van der Waals surface area contributed by atoms with Gasteiger partial charge >= 0.3 is 0 Å². The molecule has 23 heavy (non-hydrogen) atoms. The lowest BCUT2D eigenvalue weighted by atomic mass is 10.1. The predicted molar refractivity (Wildman–Crippen MR) is 90.8 cm³/mol. The van der Waals surface area contributed by atoms with E-state index in [4.69, 9.17) is 0 Å². The Morgan fingerprint density at radius 2 is 2.04 bits per heavy atom. The maximum atomic E-state index is 12.6. The number of hydrogen-bond acceptors (Lipinski definition) is 6. The van der Waals surface area contributed by atoms with E-state index in [1.807, 2.05) is 10.3 Å². The summed E-state index contributed by atoms with van der Waals surface area (Å²) in [6.45, 7) is 7.24. The standard InChI is InChI=1S/C16H21N5OS/c1-12(2)9-15-19-13(11-23-15)16(22)21-7-5-20(6-8-21)14-10-17-3-4-18-14/h3-4,10-12H,5-9H2,1-2H3. The molecule has 1 fully saturated rings. The Morgan fingerprint density at radius 1 is 1.26 bits per heavy atom. The average Bonchev–Trinajstić information content (AvgIpc) is 3.03. The number of amides is 1. The van der Waals surface area contributed by atoms with E-state index in [-0.39, 0.29) is 5.91 Å². The second-order valence-electron chi connectivity index (χ2n) is 6.07. The van der Waals surface area contributed by atoms with Gasteiger partial charge in [-0.2, -0.15) is 0 Å². The minimum absolute atomic E-state index is 0.0371. The fraction of sp³-hybridized carbons (Fsp3) is 0.500. The van der Waals surface area contributed by atoms with Crippen LogP contribution in [0.4, 0.5) is 5.82 Å². The molecule has 2 aromatic rings.